The second kappa shape index (κ2) is 9.94. The van der Waals surface area contributed by atoms with Crippen molar-refractivity contribution in [3.05, 3.63) is 111 Å². The third-order valence-corrected chi connectivity index (χ3v) is 5.56. The highest BCUT2D eigenvalue weighted by Crippen LogP contribution is 2.29. The van der Waals surface area contributed by atoms with Gasteiger partial charge in [-0.2, -0.15) is 0 Å². The summed E-state index contributed by atoms with van der Waals surface area (Å²) in [4.78, 5) is 28.9. The second-order valence-corrected chi connectivity index (χ2v) is 7.98. The predicted octanol–water partition coefficient (Wildman–Crippen LogP) is 5.82. The molecule has 0 atom stereocenters. The van der Waals surface area contributed by atoms with Gasteiger partial charge in [0.1, 0.15) is 11.6 Å². The van der Waals surface area contributed by atoms with Gasteiger partial charge in [0.15, 0.2) is 5.78 Å². The van der Waals surface area contributed by atoms with Crippen LogP contribution in [0.1, 0.15) is 38.4 Å². The molecule has 0 amide bonds. The zero-order valence-electron chi connectivity index (χ0n) is 18.8. The number of benzene rings is 2. The lowest BCUT2D eigenvalue weighted by Crippen LogP contribution is -2.06. The van der Waals surface area contributed by atoms with Crippen LogP contribution in [0.4, 0.5) is 5.69 Å². The SMILES string of the molecule is Cc1ccc(CC(=O)c2cc(C)c(N=[N+]=[N-])cc2O)cc1Cc1nccc(-c2cccnc2)n1. The van der Waals surface area contributed by atoms with E-state index in [1.807, 2.05) is 43.3 Å². The minimum absolute atomic E-state index is 0.123. The van der Waals surface area contributed by atoms with Gasteiger partial charge in [0, 0.05) is 47.6 Å². The fourth-order valence-corrected chi connectivity index (χ4v) is 3.70. The molecule has 4 aromatic rings. The molecule has 0 bridgehead atoms. The van der Waals surface area contributed by atoms with Crippen molar-refractivity contribution < 1.29 is 9.90 Å². The number of hydrogen-bond donors (Lipinski definition) is 1. The van der Waals surface area contributed by atoms with E-state index in [1.165, 1.54) is 6.07 Å². The van der Waals surface area contributed by atoms with Gasteiger partial charge in [-0.3, -0.25) is 9.78 Å². The van der Waals surface area contributed by atoms with Gasteiger partial charge in [-0.1, -0.05) is 23.3 Å². The maximum atomic E-state index is 12.9. The average Bonchev–Trinajstić information content (AvgIpc) is 2.84. The van der Waals surface area contributed by atoms with Crippen LogP contribution < -0.4 is 0 Å². The van der Waals surface area contributed by atoms with Crippen LogP contribution in [0.25, 0.3) is 21.7 Å². The first-order valence-corrected chi connectivity index (χ1v) is 10.7. The van der Waals surface area contributed by atoms with Gasteiger partial charge in [0.05, 0.1) is 11.3 Å². The van der Waals surface area contributed by atoms with Crippen molar-refractivity contribution in [2.45, 2.75) is 26.7 Å². The largest absolute Gasteiger partial charge is 0.507 e. The summed E-state index contributed by atoms with van der Waals surface area (Å²) in [5.41, 5.74) is 14.4. The fraction of sp³-hybridized carbons (Fsp3) is 0.154. The highest BCUT2D eigenvalue weighted by molar-refractivity contribution is 6.00. The van der Waals surface area contributed by atoms with Crippen molar-refractivity contribution in [1.82, 2.24) is 15.0 Å². The van der Waals surface area contributed by atoms with Gasteiger partial charge in [0.25, 0.3) is 0 Å². The molecule has 0 aliphatic carbocycles. The number of rotatable bonds is 7. The van der Waals surface area contributed by atoms with E-state index < -0.39 is 0 Å². The van der Waals surface area contributed by atoms with Crippen LogP contribution >= 0.6 is 0 Å². The van der Waals surface area contributed by atoms with E-state index in [9.17, 15) is 9.90 Å². The van der Waals surface area contributed by atoms with Crippen molar-refractivity contribution in [2.24, 2.45) is 5.11 Å². The summed E-state index contributed by atoms with van der Waals surface area (Å²) >= 11 is 0. The van der Waals surface area contributed by atoms with Crippen molar-refractivity contribution in [2.75, 3.05) is 0 Å². The molecule has 0 saturated heterocycles. The molecule has 0 aliphatic rings. The molecular weight excluding hydrogens is 428 g/mol. The first kappa shape index (κ1) is 22.6. The minimum atomic E-state index is -0.224. The van der Waals surface area contributed by atoms with Crippen LogP contribution in [0.2, 0.25) is 0 Å². The molecule has 2 aromatic carbocycles. The lowest BCUT2D eigenvalue weighted by Gasteiger charge is -2.11. The van der Waals surface area contributed by atoms with Gasteiger partial charge >= 0.3 is 0 Å². The van der Waals surface area contributed by atoms with Gasteiger partial charge < -0.3 is 5.11 Å². The van der Waals surface area contributed by atoms with Crippen molar-refractivity contribution in [3.8, 4) is 17.0 Å². The molecule has 0 saturated carbocycles. The highest BCUT2D eigenvalue weighted by atomic mass is 16.3. The molecule has 8 heteroatoms. The molecule has 0 fully saturated rings. The molecule has 0 aliphatic heterocycles. The fourth-order valence-electron chi connectivity index (χ4n) is 3.70. The minimum Gasteiger partial charge on any atom is -0.507 e. The third-order valence-electron chi connectivity index (χ3n) is 5.56. The Balaban J connectivity index is 1.56. The van der Waals surface area contributed by atoms with Crippen LogP contribution in [0, 0.1) is 13.8 Å². The summed E-state index contributed by atoms with van der Waals surface area (Å²) in [5.74, 6) is 0.249. The number of carbonyl (C=O) groups is 1. The van der Waals surface area contributed by atoms with E-state index in [1.54, 1.807) is 31.6 Å². The Morgan fingerprint density at radius 2 is 1.94 bits per heavy atom. The summed E-state index contributed by atoms with van der Waals surface area (Å²) in [6.45, 7) is 3.74. The molecule has 0 spiro atoms. The smallest absolute Gasteiger partial charge is 0.170 e. The molecule has 2 heterocycles. The molecule has 8 nitrogen and oxygen atoms in total. The van der Waals surface area contributed by atoms with Gasteiger partial charge in [-0.15, -0.1) is 0 Å². The topological polar surface area (TPSA) is 125 Å². The zero-order valence-corrected chi connectivity index (χ0v) is 18.8. The molecule has 2 aromatic heterocycles. The van der Waals surface area contributed by atoms with Crippen molar-refractivity contribution >= 4 is 11.5 Å². The van der Waals surface area contributed by atoms with Gasteiger partial charge in [0.2, 0.25) is 0 Å². The van der Waals surface area contributed by atoms with E-state index >= 15 is 0 Å². The van der Waals surface area contributed by atoms with Crippen LogP contribution in [-0.2, 0) is 12.8 Å². The Labute approximate surface area is 196 Å². The highest BCUT2D eigenvalue weighted by Gasteiger charge is 2.15. The zero-order chi connectivity index (χ0) is 24.1. The number of azide groups is 1. The van der Waals surface area contributed by atoms with E-state index in [0.29, 0.717) is 23.5 Å². The number of hydrogen-bond acceptors (Lipinski definition) is 6. The van der Waals surface area contributed by atoms with E-state index in [2.05, 4.69) is 25.0 Å². The number of aryl methyl sites for hydroxylation is 2. The number of aromatic nitrogens is 3. The number of carbonyl (C=O) groups excluding carboxylic acids is 1. The van der Waals surface area contributed by atoms with Gasteiger partial charge in [-0.25, -0.2) is 9.97 Å². The van der Waals surface area contributed by atoms with Crippen LogP contribution in [0.15, 0.2) is 72.2 Å². The number of nitrogens with zero attached hydrogens (tertiary/aromatic N) is 6. The quantitative estimate of drug-likeness (QED) is 0.164. The Hall–Kier alpha value is -4.55. The lowest BCUT2D eigenvalue weighted by atomic mass is 9.96. The molecular formula is C26H22N6O2. The second-order valence-electron chi connectivity index (χ2n) is 7.98. The lowest BCUT2D eigenvalue weighted by molar-refractivity contribution is 0.0990. The van der Waals surface area contributed by atoms with Crippen LogP contribution in [-0.4, -0.2) is 25.8 Å². The summed E-state index contributed by atoms with van der Waals surface area (Å²) in [6.07, 6.45) is 5.86. The van der Waals surface area contributed by atoms with Crippen LogP contribution in [0.5, 0.6) is 5.75 Å². The maximum absolute atomic E-state index is 12.9. The van der Waals surface area contributed by atoms with Crippen molar-refractivity contribution in [1.29, 1.82) is 0 Å². The molecule has 1 N–H and O–H groups in total. The standard InChI is InChI=1S/C26H22N6O2/c1-16-5-6-18(12-24(33)21-10-17(2)23(31-32-27)14-25(21)34)11-20(16)13-26-29-9-7-22(30-26)19-4-3-8-28-15-19/h3-11,14-15,34H,12-13H2,1-2H3. The molecule has 34 heavy (non-hydrogen) atoms. The first-order valence-electron chi connectivity index (χ1n) is 10.7. The van der Waals surface area contributed by atoms with E-state index in [4.69, 9.17) is 5.53 Å². The number of phenolic OH excluding ortho intramolecular Hbond substituents is 1. The third kappa shape index (κ3) is 5.09. The Morgan fingerprint density at radius 1 is 1.09 bits per heavy atom. The van der Waals surface area contributed by atoms with E-state index in [0.717, 1.165) is 27.9 Å². The van der Waals surface area contributed by atoms with Crippen LogP contribution in [0.3, 0.4) is 0 Å². The molecule has 0 radical (unpaired) electrons. The normalized spacial score (nSPS) is 10.5. The van der Waals surface area contributed by atoms with Crippen molar-refractivity contribution in [3.63, 3.8) is 0 Å². The number of phenols is 1. The Morgan fingerprint density at radius 3 is 2.71 bits per heavy atom. The predicted molar refractivity (Wildman–Crippen MR) is 129 cm³/mol. The number of aromatic hydroxyl groups is 1. The monoisotopic (exact) mass is 450 g/mol. The van der Waals surface area contributed by atoms with Gasteiger partial charge in [-0.05, 0) is 72.0 Å². The van der Waals surface area contributed by atoms with E-state index in [-0.39, 0.29) is 23.5 Å². The summed E-state index contributed by atoms with van der Waals surface area (Å²) in [5, 5.41) is 13.8. The average molecular weight is 451 g/mol. The number of ketones is 1. The Kier molecular flexibility index (Phi) is 6.62. The number of pyridine rings is 1. The summed E-state index contributed by atoms with van der Waals surface area (Å²) < 4.78 is 0. The molecule has 4 rings (SSSR count). The Bertz CT molecular complexity index is 1410. The molecule has 168 valence electrons. The maximum Gasteiger partial charge on any atom is 0.170 e. The number of Topliss-reactive ketones (excluding diaryl/α,β-unsaturated/α-hetero) is 1. The first-order chi connectivity index (χ1) is 16.4. The summed E-state index contributed by atoms with van der Waals surface area (Å²) in [7, 11) is 0. The summed E-state index contributed by atoms with van der Waals surface area (Å²) in [6, 6.07) is 14.4. The molecule has 0 unspecified atom stereocenters.